The number of halogens is 2. The number of ether oxygens (including phenoxy) is 1. The van der Waals surface area contributed by atoms with Gasteiger partial charge in [-0.25, -0.2) is 12.7 Å². The molecule has 1 aromatic rings. The highest BCUT2D eigenvalue weighted by Crippen LogP contribution is 2.28. The second-order valence-corrected chi connectivity index (χ2v) is 9.10. The summed E-state index contributed by atoms with van der Waals surface area (Å²) in [6.07, 6.45) is 1.00. The van der Waals surface area contributed by atoms with Crippen LogP contribution >= 0.6 is 34.2 Å². The van der Waals surface area contributed by atoms with Gasteiger partial charge in [-0.3, -0.25) is 0 Å². The van der Waals surface area contributed by atoms with Gasteiger partial charge in [-0.2, -0.15) is 0 Å². The number of nitrogens with zero attached hydrogens (tertiary/aromatic N) is 1. The van der Waals surface area contributed by atoms with Gasteiger partial charge in [-0.05, 0) is 40.3 Å². The van der Waals surface area contributed by atoms with Crippen LogP contribution in [0.5, 0.6) is 0 Å². The minimum Gasteiger partial charge on any atom is -0.375 e. The van der Waals surface area contributed by atoms with Gasteiger partial charge in [0.1, 0.15) is 0 Å². The molecule has 2 unspecified atom stereocenters. The van der Waals surface area contributed by atoms with E-state index in [0.717, 1.165) is 22.2 Å². The molecule has 0 aromatic heterocycles. The highest BCUT2D eigenvalue weighted by Gasteiger charge is 2.29. The zero-order valence-electron chi connectivity index (χ0n) is 12.6. The van der Waals surface area contributed by atoms with Gasteiger partial charge >= 0.3 is 0 Å². The van der Waals surface area contributed by atoms with Gasteiger partial charge in [-0.15, -0.1) is 0 Å². The summed E-state index contributed by atoms with van der Waals surface area (Å²) in [5.41, 5.74) is 1.06. The van der Waals surface area contributed by atoms with E-state index in [1.54, 1.807) is 7.05 Å². The Morgan fingerprint density at radius 3 is 2.86 bits per heavy atom. The third kappa shape index (κ3) is 4.78. The third-order valence-corrected chi connectivity index (χ3v) is 6.65. The fourth-order valence-electron chi connectivity index (χ4n) is 2.43. The molecule has 0 amide bonds. The van der Waals surface area contributed by atoms with Crippen molar-refractivity contribution in [2.24, 2.45) is 0 Å². The lowest BCUT2D eigenvalue weighted by atomic mass is 9.93. The topological polar surface area (TPSA) is 58.6 Å². The Kier molecular flexibility index (Phi) is 6.49. The molecule has 1 aliphatic rings. The average molecular weight is 459 g/mol. The number of hydrogen-bond donors (Lipinski definition) is 1. The van der Waals surface area contributed by atoms with Crippen molar-refractivity contribution in [2.45, 2.75) is 12.0 Å². The number of hydrogen-bond acceptors (Lipinski definition) is 4. The van der Waals surface area contributed by atoms with E-state index in [2.05, 4.69) is 27.9 Å². The Morgan fingerprint density at radius 2 is 2.23 bits per heavy atom. The smallest absolute Gasteiger partial charge is 0.211 e. The fraction of sp³-hybridized carbons (Fsp3) is 0.571. The van der Waals surface area contributed by atoms with Gasteiger partial charge in [0.25, 0.3) is 0 Å². The van der Waals surface area contributed by atoms with Crippen LogP contribution < -0.4 is 5.32 Å². The van der Waals surface area contributed by atoms with Gasteiger partial charge in [-0.1, -0.05) is 17.7 Å². The van der Waals surface area contributed by atoms with Crippen LogP contribution in [0, 0.1) is 3.57 Å². The van der Waals surface area contributed by atoms with Crippen LogP contribution in [0.25, 0.3) is 0 Å². The van der Waals surface area contributed by atoms with Crippen LogP contribution in [0.15, 0.2) is 18.2 Å². The molecule has 2 atom stereocenters. The first-order valence-corrected chi connectivity index (χ1v) is 10.3. The molecule has 0 bridgehead atoms. The van der Waals surface area contributed by atoms with Crippen molar-refractivity contribution >= 4 is 44.2 Å². The molecular formula is C14H20ClIN2O3S. The molecule has 0 aliphatic carbocycles. The minimum atomic E-state index is -3.23. The van der Waals surface area contributed by atoms with E-state index in [9.17, 15) is 8.42 Å². The second kappa shape index (κ2) is 7.76. The first kappa shape index (κ1) is 18.4. The number of sulfonamides is 1. The molecule has 0 radical (unpaired) electrons. The number of nitrogens with one attached hydrogen (secondary N) is 1. The van der Waals surface area contributed by atoms with Crippen molar-refractivity contribution in [3.05, 3.63) is 32.4 Å². The van der Waals surface area contributed by atoms with Crippen molar-refractivity contribution in [1.82, 2.24) is 9.62 Å². The van der Waals surface area contributed by atoms with E-state index in [0.29, 0.717) is 18.2 Å². The molecule has 1 aliphatic heterocycles. The quantitative estimate of drug-likeness (QED) is 0.700. The Bertz CT molecular complexity index is 627. The van der Waals surface area contributed by atoms with Gasteiger partial charge < -0.3 is 10.1 Å². The summed E-state index contributed by atoms with van der Waals surface area (Å²) < 4.78 is 31.6. The molecule has 22 heavy (non-hydrogen) atoms. The number of rotatable bonds is 4. The highest BCUT2D eigenvalue weighted by atomic mass is 127. The van der Waals surface area contributed by atoms with Crippen LogP contribution in [0.3, 0.4) is 0 Å². The number of likely N-dealkylation sites (N-methyl/N-ethyl adjacent to an activating group) is 1. The first-order chi connectivity index (χ1) is 10.3. The summed E-state index contributed by atoms with van der Waals surface area (Å²) in [6, 6.07) is 5.94. The van der Waals surface area contributed by atoms with Gasteiger partial charge in [0, 0.05) is 36.2 Å². The van der Waals surface area contributed by atoms with E-state index in [1.807, 2.05) is 18.2 Å². The SMILES string of the molecule is CN(CC1OCCNCC1c1ccc(I)c(Cl)c1)S(C)(=O)=O. The zero-order valence-corrected chi connectivity index (χ0v) is 16.3. The molecule has 1 fully saturated rings. The Balaban J connectivity index is 2.25. The van der Waals surface area contributed by atoms with Crippen molar-refractivity contribution in [1.29, 1.82) is 0 Å². The van der Waals surface area contributed by atoms with Crippen molar-refractivity contribution in [2.75, 3.05) is 39.5 Å². The molecule has 0 spiro atoms. The van der Waals surface area contributed by atoms with Crippen molar-refractivity contribution in [3.8, 4) is 0 Å². The maximum Gasteiger partial charge on any atom is 0.211 e. The zero-order chi connectivity index (χ0) is 16.3. The molecule has 1 aromatic carbocycles. The average Bonchev–Trinajstić information content (AvgIpc) is 2.66. The normalized spacial score (nSPS) is 23.5. The van der Waals surface area contributed by atoms with Crippen LogP contribution in [-0.2, 0) is 14.8 Å². The van der Waals surface area contributed by atoms with Crippen molar-refractivity contribution in [3.63, 3.8) is 0 Å². The second-order valence-electron chi connectivity index (χ2n) is 5.44. The summed E-state index contributed by atoms with van der Waals surface area (Å²) in [5.74, 6) is 0.0567. The van der Waals surface area contributed by atoms with E-state index in [1.165, 1.54) is 10.6 Å². The van der Waals surface area contributed by atoms with Crippen LogP contribution in [0.1, 0.15) is 11.5 Å². The van der Waals surface area contributed by atoms with E-state index in [-0.39, 0.29) is 12.0 Å². The van der Waals surface area contributed by atoms with E-state index in [4.69, 9.17) is 16.3 Å². The number of benzene rings is 1. The van der Waals surface area contributed by atoms with E-state index >= 15 is 0 Å². The predicted octanol–water partition coefficient (Wildman–Crippen LogP) is 1.91. The monoisotopic (exact) mass is 458 g/mol. The predicted molar refractivity (Wildman–Crippen MR) is 97.0 cm³/mol. The molecule has 1 heterocycles. The van der Waals surface area contributed by atoms with Gasteiger partial charge in [0.05, 0.1) is 24.0 Å². The molecule has 5 nitrogen and oxygen atoms in total. The Hall–Kier alpha value is 0.0700. The fourth-order valence-corrected chi connectivity index (χ4v) is 3.37. The lowest BCUT2D eigenvalue weighted by Crippen LogP contribution is -2.39. The third-order valence-electron chi connectivity index (χ3n) is 3.80. The molecule has 8 heteroatoms. The summed E-state index contributed by atoms with van der Waals surface area (Å²) >= 11 is 8.41. The van der Waals surface area contributed by atoms with Gasteiger partial charge in [0.15, 0.2) is 0 Å². The largest absolute Gasteiger partial charge is 0.375 e. The Labute approximate surface area is 150 Å². The van der Waals surface area contributed by atoms with Crippen molar-refractivity contribution < 1.29 is 13.2 Å². The maximum atomic E-state index is 11.7. The van der Waals surface area contributed by atoms with Crippen LogP contribution in [0.2, 0.25) is 5.02 Å². The molecular weight excluding hydrogens is 439 g/mol. The molecule has 1 saturated heterocycles. The summed E-state index contributed by atoms with van der Waals surface area (Å²) in [6.45, 7) is 2.39. The molecule has 1 N–H and O–H groups in total. The summed E-state index contributed by atoms with van der Waals surface area (Å²) in [5, 5.41) is 4.04. The summed E-state index contributed by atoms with van der Waals surface area (Å²) in [7, 11) is -1.65. The maximum absolute atomic E-state index is 11.7. The van der Waals surface area contributed by atoms with E-state index < -0.39 is 10.0 Å². The molecule has 2 rings (SSSR count). The summed E-state index contributed by atoms with van der Waals surface area (Å²) in [4.78, 5) is 0. The standard InChI is InChI=1S/C14H20ClIN2O3S/c1-18(22(2,19)20)9-14-11(8-17-5-6-21-14)10-3-4-13(16)12(15)7-10/h3-4,7,11,14,17H,5-6,8-9H2,1-2H3. The van der Waals surface area contributed by atoms with Gasteiger partial charge in [0.2, 0.25) is 10.0 Å². The lowest BCUT2D eigenvalue weighted by Gasteiger charge is -2.28. The molecule has 124 valence electrons. The Morgan fingerprint density at radius 1 is 1.50 bits per heavy atom. The lowest BCUT2D eigenvalue weighted by molar-refractivity contribution is 0.0422. The van der Waals surface area contributed by atoms with Crippen LogP contribution in [-0.4, -0.2) is 58.4 Å². The van der Waals surface area contributed by atoms with Crippen LogP contribution in [0.4, 0.5) is 0 Å². The first-order valence-electron chi connectivity index (χ1n) is 6.97. The highest BCUT2D eigenvalue weighted by molar-refractivity contribution is 14.1. The minimum absolute atomic E-state index is 0.0567. The molecule has 0 saturated carbocycles.